The SMILES string of the molecule is O=C1CCC2(C1)CN1C(=N2)N=CC2=C1NCN2Cc1ccccc1. The first-order chi connectivity index (χ1) is 11.7. The highest BCUT2D eigenvalue weighted by atomic mass is 16.1. The Kier molecular flexibility index (Phi) is 2.83. The van der Waals surface area contributed by atoms with Gasteiger partial charge in [-0.2, -0.15) is 0 Å². The molecule has 0 aromatic heterocycles. The monoisotopic (exact) mass is 321 g/mol. The van der Waals surface area contributed by atoms with Crippen LogP contribution in [-0.2, 0) is 11.3 Å². The van der Waals surface area contributed by atoms with Crippen molar-refractivity contribution >= 4 is 18.0 Å². The molecule has 3 aliphatic heterocycles. The standard InChI is InChI=1S/C18H19N5O/c24-14-6-7-18(8-14)11-23-16-15(9-19-17(23)21-18)22(12-20-16)10-13-4-2-1-3-5-13/h1-5,9,20H,6-8,10-12H2. The van der Waals surface area contributed by atoms with Crippen molar-refractivity contribution in [2.75, 3.05) is 13.2 Å². The molecule has 0 bridgehead atoms. The van der Waals surface area contributed by atoms with Gasteiger partial charge in [0, 0.05) is 19.4 Å². The normalized spacial score (nSPS) is 27.7. The smallest absolute Gasteiger partial charge is 0.227 e. The Morgan fingerprint density at radius 1 is 1.25 bits per heavy atom. The third-order valence-corrected chi connectivity index (χ3v) is 5.24. The molecule has 1 aromatic rings. The first-order valence-corrected chi connectivity index (χ1v) is 8.43. The molecule has 1 aliphatic carbocycles. The maximum Gasteiger partial charge on any atom is 0.227 e. The summed E-state index contributed by atoms with van der Waals surface area (Å²) in [5.41, 5.74) is 2.14. The quantitative estimate of drug-likeness (QED) is 0.896. The van der Waals surface area contributed by atoms with Crippen LogP contribution in [0.4, 0.5) is 0 Å². The zero-order valence-electron chi connectivity index (χ0n) is 13.4. The molecule has 6 nitrogen and oxygen atoms in total. The number of aliphatic imine (C=N–C) groups is 2. The van der Waals surface area contributed by atoms with E-state index in [0.717, 1.165) is 43.7 Å². The lowest BCUT2D eigenvalue weighted by Crippen LogP contribution is -2.38. The Labute approximate surface area is 140 Å². The van der Waals surface area contributed by atoms with Gasteiger partial charge in [-0.15, -0.1) is 0 Å². The molecule has 1 fully saturated rings. The molecule has 24 heavy (non-hydrogen) atoms. The Balaban J connectivity index is 1.41. The molecule has 0 saturated heterocycles. The number of hydrogen-bond donors (Lipinski definition) is 1. The van der Waals surface area contributed by atoms with Crippen LogP contribution in [0.2, 0.25) is 0 Å². The summed E-state index contributed by atoms with van der Waals surface area (Å²) < 4.78 is 0. The third kappa shape index (κ3) is 2.06. The second-order valence-corrected chi connectivity index (χ2v) is 6.95. The van der Waals surface area contributed by atoms with Gasteiger partial charge in [-0.3, -0.25) is 9.69 Å². The Hall–Kier alpha value is -2.63. The fourth-order valence-electron chi connectivity index (χ4n) is 4.03. The molecule has 1 saturated carbocycles. The Bertz CT molecular complexity index is 797. The number of fused-ring (bicyclic) bond motifs is 2. The molecule has 3 heterocycles. The van der Waals surface area contributed by atoms with E-state index in [1.54, 1.807) is 0 Å². The van der Waals surface area contributed by atoms with E-state index in [9.17, 15) is 4.79 Å². The molecule has 1 N–H and O–H groups in total. The zero-order valence-corrected chi connectivity index (χ0v) is 13.4. The van der Waals surface area contributed by atoms with Crippen molar-refractivity contribution in [1.82, 2.24) is 15.1 Å². The summed E-state index contributed by atoms with van der Waals surface area (Å²) in [7, 11) is 0. The van der Waals surface area contributed by atoms with Gasteiger partial charge in [-0.25, -0.2) is 9.98 Å². The van der Waals surface area contributed by atoms with Gasteiger partial charge >= 0.3 is 0 Å². The molecule has 1 atom stereocenters. The van der Waals surface area contributed by atoms with Crippen LogP contribution < -0.4 is 5.32 Å². The van der Waals surface area contributed by atoms with Gasteiger partial charge in [0.25, 0.3) is 0 Å². The van der Waals surface area contributed by atoms with Crippen LogP contribution in [0.3, 0.4) is 0 Å². The van der Waals surface area contributed by atoms with Crippen molar-refractivity contribution in [3.63, 3.8) is 0 Å². The molecule has 1 spiro atoms. The number of allylic oxidation sites excluding steroid dienone is 1. The fraction of sp³-hybridized carbons (Fsp3) is 0.389. The van der Waals surface area contributed by atoms with E-state index in [2.05, 4.69) is 44.4 Å². The van der Waals surface area contributed by atoms with Gasteiger partial charge in [0.15, 0.2) is 0 Å². The van der Waals surface area contributed by atoms with Crippen molar-refractivity contribution in [2.45, 2.75) is 31.3 Å². The zero-order chi connectivity index (χ0) is 16.1. The van der Waals surface area contributed by atoms with Gasteiger partial charge in [0.05, 0.1) is 30.7 Å². The van der Waals surface area contributed by atoms with Gasteiger partial charge in [-0.1, -0.05) is 30.3 Å². The molecule has 1 aromatic carbocycles. The maximum atomic E-state index is 11.7. The van der Waals surface area contributed by atoms with Gasteiger partial charge in [-0.05, 0) is 12.0 Å². The molecular formula is C18H19N5O. The van der Waals surface area contributed by atoms with Gasteiger partial charge in [0.1, 0.15) is 11.6 Å². The Morgan fingerprint density at radius 2 is 2.12 bits per heavy atom. The third-order valence-electron chi connectivity index (χ3n) is 5.24. The minimum Gasteiger partial charge on any atom is -0.352 e. The lowest BCUT2D eigenvalue weighted by Gasteiger charge is -2.26. The highest BCUT2D eigenvalue weighted by molar-refractivity contribution is 5.99. The molecule has 0 amide bonds. The van der Waals surface area contributed by atoms with E-state index in [1.165, 1.54) is 5.56 Å². The van der Waals surface area contributed by atoms with Crippen molar-refractivity contribution in [3.05, 3.63) is 47.4 Å². The molecular weight excluding hydrogens is 302 g/mol. The number of nitrogens with zero attached hydrogens (tertiary/aromatic N) is 4. The second-order valence-electron chi connectivity index (χ2n) is 6.95. The summed E-state index contributed by atoms with van der Waals surface area (Å²) in [6.07, 6.45) is 3.95. The number of carbonyl (C=O) groups excluding carboxylic acids is 1. The van der Waals surface area contributed by atoms with Crippen LogP contribution in [0.25, 0.3) is 0 Å². The highest BCUT2D eigenvalue weighted by Gasteiger charge is 2.47. The van der Waals surface area contributed by atoms with Crippen LogP contribution >= 0.6 is 0 Å². The maximum absolute atomic E-state index is 11.7. The molecule has 122 valence electrons. The number of guanidine groups is 1. The number of rotatable bonds is 2. The van der Waals surface area contributed by atoms with E-state index < -0.39 is 0 Å². The summed E-state index contributed by atoms with van der Waals surface area (Å²) in [6, 6.07) is 10.4. The number of Topliss-reactive ketones (excluding diaryl/α,β-unsaturated/α-hetero) is 1. The highest BCUT2D eigenvalue weighted by Crippen LogP contribution is 2.39. The van der Waals surface area contributed by atoms with Crippen LogP contribution in [0.5, 0.6) is 0 Å². The summed E-state index contributed by atoms with van der Waals surface area (Å²) in [5, 5.41) is 3.49. The number of hydrogen-bond acceptors (Lipinski definition) is 6. The van der Waals surface area contributed by atoms with E-state index in [4.69, 9.17) is 4.99 Å². The summed E-state index contributed by atoms with van der Waals surface area (Å²) in [4.78, 5) is 25.5. The minimum atomic E-state index is -0.249. The first kappa shape index (κ1) is 13.8. The van der Waals surface area contributed by atoms with E-state index in [-0.39, 0.29) is 5.54 Å². The molecule has 5 rings (SSSR count). The summed E-state index contributed by atoms with van der Waals surface area (Å²) in [5.74, 6) is 2.15. The van der Waals surface area contributed by atoms with Crippen LogP contribution in [0.1, 0.15) is 24.8 Å². The Morgan fingerprint density at radius 3 is 2.92 bits per heavy atom. The average molecular weight is 321 g/mol. The van der Waals surface area contributed by atoms with Gasteiger partial charge < -0.3 is 10.2 Å². The van der Waals surface area contributed by atoms with Crippen LogP contribution in [-0.4, -0.2) is 46.5 Å². The summed E-state index contributed by atoms with van der Waals surface area (Å²) in [6.45, 7) is 2.38. The average Bonchev–Trinajstić information content (AvgIpc) is 3.26. The molecule has 6 heteroatoms. The summed E-state index contributed by atoms with van der Waals surface area (Å²) >= 11 is 0. The number of ketones is 1. The second kappa shape index (κ2) is 4.93. The number of benzene rings is 1. The van der Waals surface area contributed by atoms with Crippen molar-refractivity contribution in [3.8, 4) is 0 Å². The van der Waals surface area contributed by atoms with Gasteiger partial charge in [0.2, 0.25) is 5.96 Å². The van der Waals surface area contributed by atoms with Crippen molar-refractivity contribution in [1.29, 1.82) is 0 Å². The first-order valence-electron chi connectivity index (χ1n) is 8.43. The number of nitrogens with one attached hydrogen (secondary N) is 1. The fourth-order valence-corrected chi connectivity index (χ4v) is 4.03. The van der Waals surface area contributed by atoms with E-state index in [1.807, 2.05) is 12.3 Å². The van der Waals surface area contributed by atoms with Crippen LogP contribution in [0, 0.1) is 0 Å². The van der Waals surface area contributed by atoms with Crippen molar-refractivity contribution in [2.24, 2.45) is 9.98 Å². The predicted molar refractivity (Wildman–Crippen MR) is 91.2 cm³/mol. The largest absolute Gasteiger partial charge is 0.352 e. The number of carbonyl (C=O) groups is 1. The van der Waals surface area contributed by atoms with E-state index in [0.29, 0.717) is 18.6 Å². The topological polar surface area (TPSA) is 60.3 Å². The molecule has 4 aliphatic rings. The van der Waals surface area contributed by atoms with Crippen molar-refractivity contribution < 1.29 is 4.79 Å². The van der Waals surface area contributed by atoms with E-state index >= 15 is 0 Å². The molecule has 1 unspecified atom stereocenters. The lowest BCUT2D eigenvalue weighted by atomic mass is 9.99. The lowest BCUT2D eigenvalue weighted by molar-refractivity contribution is -0.117. The predicted octanol–water partition coefficient (Wildman–Crippen LogP) is 1.47. The minimum absolute atomic E-state index is 0.249. The molecule has 0 radical (unpaired) electrons. The van der Waals surface area contributed by atoms with Crippen LogP contribution in [0.15, 0.2) is 51.8 Å².